The van der Waals surface area contributed by atoms with Crippen molar-refractivity contribution in [3.8, 4) is 0 Å². The second kappa shape index (κ2) is 16.2. The number of carbonyl (C=O) groups excluding carboxylic acids is 5. The summed E-state index contributed by atoms with van der Waals surface area (Å²) in [6, 6.07) is 2.93. The third kappa shape index (κ3) is 12.9. The van der Waals surface area contributed by atoms with Crippen LogP contribution >= 0.6 is 0 Å². The molecule has 1 rings (SSSR count). The second-order valence-electron chi connectivity index (χ2n) is 8.61. The maximum absolute atomic E-state index is 13.2. The van der Waals surface area contributed by atoms with Gasteiger partial charge in [-0.1, -0.05) is 30.3 Å². The lowest BCUT2D eigenvalue weighted by molar-refractivity contribution is -0.142. The van der Waals surface area contributed by atoms with Gasteiger partial charge in [0.15, 0.2) is 5.96 Å². The van der Waals surface area contributed by atoms with Gasteiger partial charge >= 0.3 is 5.97 Å². The summed E-state index contributed by atoms with van der Waals surface area (Å²) < 4.78 is 0. The molecule has 0 saturated heterocycles. The van der Waals surface area contributed by atoms with E-state index in [1.807, 2.05) is 0 Å². The Labute approximate surface area is 224 Å². The Kier molecular flexibility index (Phi) is 13.4. The minimum Gasteiger partial charge on any atom is -0.480 e. The second-order valence-corrected chi connectivity index (χ2v) is 8.61. The molecule has 0 aliphatic carbocycles. The SMILES string of the molecule is NC(=O)CC(N)C(=O)NC(Cc1ccccc1)C(=O)NC(CC(N)=O)C(=O)NC(CCCN=C(N)N)C(=O)O. The van der Waals surface area contributed by atoms with Gasteiger partial charge in [0.05, 0.1) is 18.9 Å². The molecule has 0 heterocycles. The van der Waals surface area contributed by atoms with Crippen LogP contribution in [0.4, 0.5) is 0 Å². The molecule has 16 heteroatoms. The van der Waals surface area contributed by atoms with Crippen LogP contribution in [-0.2, 0) is 35.2 Å². The van der Waals surface area contributed by atoms with Crippen molar-refractivity contribution in [3.63, 3.8) is 0 Å². The molecular weight excluding hydrogens is 514 g/mol. The van der Waals surface area contributed by atoms with Gasteiger partial charge in [0, 0.05) is 13.0 Å². The number of benzene rings is 1. The maximum atomic E-state index is 13.2. The molecule has 0 bridgehead atoms. The summed E-state index contributed by atoms with van der Waals surface area (Å²) in [5, 5.41) is 16.5. The molecule has 0 aromatic heterocycles. The minimum atomic E-state index is -1.57. The molecule has 0 aliphatic heterocycles. The largest absolute Gasteiger partial charge is 0.480 e. The third-order valence-electron chi connectivity index (χ3n) is 5.27. The van der Waals surface area contributed by atoms with Crippen LogP contribution in [-0.4, -0.2) is 77.3 Å². The number of carboxylic acids is 1. The summed E-state index contributed by atoms with van der Waals surface area (Å²) >= 11 is 0. The molecule has 0 fully saturated rings. The lowest BCUT2D eigenvalue weighted by Gasteiger charge is -2.25. The number of nitrogens with zero attached hydrogens (tertiary/aromatic N) is 1. The number of carbonyl (C=O) groups is 6. The monoisotopic (exact) mass is 549 g/mol. The van der Waals surface area contributed by atoms with Gasteiger partial charge in [-0.15, -0.1) is 0 Å². The molecule has 214 valence electrons. The molecule has 1 aromatic rings. The zero-order valence-electron chi connectivity index (χ0n) is 21.2. The van der Waals surface area contributed by atoms with Crippen LogP contribution in [0, 0.1) is 0 Å². The molecular formula is C23H35N9O7. The van der Waals surface area contributed by atoms with Gasteiger partial charge in [-0.2, -0.15) is 0 Å². The fourth-order valence-electron chi connectivity index (χ4n) is 3.36. The average Bonchev–Trinajstić information content (AvgIpc) is 2.84. The van der Waals surface area contributed by atoms with Crippen molar-refractivity contribution < 1.29 is 33.9 Å². The molecule has 14 N–H and O–H groups in total. The number of carboxylic acid groups (broad SMARTS) is 1. The Morgan fingerprint density at radius 3 is 1.85 bits per heavy atom. The van der Waals surface area contributed by atoms with E-state index < -0.39 is 72.5 Å². The summed E-state index contributed by atoms with van der Waals surface area (Å²) in [7, 11) is 0. The van der Waals surface area contributed by atoms with Gasteiger partial charge in [-0.25, -0.2) is 4.79 Å². The highest BCUT2D eigenvalue weighted by Gasteiger charge is 2.31. The first-order valence-electron chi connectivity index (χ1n) is 11.9. The van der Waals surface area contributed by atoms with E-state index in [-0.39, 0.29) is 31.8 Å². The number of aliphatic carboxylic acids is 1. The van der Waals surface area contributed by atoms with E-state index in [4.69, 9.17) is 28.7 Å². The topological polar surface area (TPSA) is 301 Å². The van der Waals surface area contributed by atoms with Crippen LogP contribution in [0.2, 0.25) is 0 Å². The highest BCUT2D eigenvalue weighted by Crippen LogP contribution is 2.06. The number of primary amides is 2. The molecule has 4 unspecified atom stereocenters. The number of nitrogens with two attached hydrogens (primary N) is 5. The van der Waals surface area contributed by atoms with Crippen LogP contribution in [0.1, 0.15) is 31.2 Å². The van der Waals surface area contributed by atoms with E-state index >= 15 is 0 Å². The molecule has 0 spiro atoms. The number of guanidine groups is 1. The van der Waals surface area contributed by atoms with Crippen LogP contribution in [0.5, 0.6) is 0 Å². The summed E-state index contributed by atoms with van der Waals surface area (Å²) in [6.45, 7) is 0.113. The van der Waals surface area contributed by atoms with Crippen LogP contribution < -0.4 is 44.6 Å². The van der Waals surface area contributed by atoms with Gasteiger partial charge in [0.2, 0.25) is 29.5 Å². The number of hydrogen-bond acceptors (Lipinski definition) is 8. The number of aliphatic imine (C=N–C) groups is 1. The Balaban J connectivity index is 3.07. The standard InChI is InChI=1S/C23H35N9O7/c24-13(10-17(25)33)19(35)31-15(9-12-5-2-1-3-6-12)20(36)32-16(11-18(26)34)21(37)30-14(22(38)39)7-4-8-29-23(27)28/h1-3,5-6,13-16H,4,7-11,24H2,(H2,25,33)(H2,26,34)(H,30,37)(H,31,35)(H,32,36)(H,38,39)(H4,27,28,29). The van der Waals surface area contributed by atoms with E-state index in [2.05, 4.69) is 20.9 Å². The van der Waals surface area contributed by atoms with Gasteiger partial charge in [-0.05, 0) is 18.4 Å². The fraction of sp³-hybridized carbons (Fsp3) is 0.435. The van der Waals surface area contributed by atoms with E-state index in [0.29, 0.717) is 5.56 Å². The third-order valence-corrected chi connectivity index (χ3v) is 5.27. The van der Waals surface area contributed by atoms with Crippen LogP contribution in [0.3, 0.4) is 0 Å². The summed E-state index contributed by atoms with van der Waals surface area (Å²) in [4.78, 5) is 76.7. The molecule has 0 saturated carbocycles. The first-order valence-corrected chi connectivity index (χ1v) is 11.9. The van der Waals surface area contributed by atoms with E-state index in [0.717, 1.165) is 0 Å². The van der Waals surface area contributed by atoms with Crippen molar-refractivity contribution in [1.82, 2.24) is 16.0 Å². The molecule has 16 nitrogen and oxygen atoms in total. The fourth-order valence-corrected chi connectivity index (χ4v) is 3.36. The van der Waals surface area contributed by atoms with Crippen molar-refractivity contribution in [2.45, 2.75) is 56.3 Å². The zero-order chi connectivity index (χ0) is 29.5. The average molecular weight is 550 g/mol. The zero-order valence-corrected chi connectivity index (χ0v) is 21.2. The molecule has 0 radical (unpaired) electrons. The van der Waals surface area contributed by atoms with Crippen molar-refractivity contribution in [2.24, 2.45) is 33.7 Å². The number of rotatable bonds is 17. The molecule has 39 heavy (non-hydrogen) atoms. The van der Waals surface area contributed by atoms with Crippen molar-refractivity contribution in [1.29, 1.82) is 0 Å². The quantitative estimate of drug-likeness (QED) is 0.0513. The Morgan fingerprint density at radius 1 is 0.769 bits per heavy atom. The molecule has 1 aromatic carbocycles. The Morgan fingerprint density at radius 2 is 1.31 bits per heavy atom. The first-order chi connectivity index (χ1) is 18.3. The molecule has 0 aliphatic rings. The number of amides is 5. The van der Waals surface area contributed by atoms with E-state index in [1.165, 1.54) is 0 Å². The predicted octanol–water partition coefficient (Wildman–Crippen LogP) is -4.10. The van der Waals surface area contributed by atoms with Crippen molar-refractivity contribution >= 4 is 41.5 Å². The lowest BCUT2D eigenvalue weighted by Crippen LogP contribution is -2.58. The van der Waals surface area contributed by atoms with E-state index in [1.54, 1.807) is 30.3 Å². The highest BCUT2D eigenvalue weighted by molar-refractivity contribution is 5.96. The normalized spacial score (nSPS) is 13.6. The maximum Gasteiger partial charge on any atom is 0.326 e. The van der Waals surface area contributed by atoms with E-state index in [9.17, 15) is 33.9 Å². The smallest absolute Gasteiger partial charge is 0.326 e. The van der Waals surface area contributed by atoms with Crippen molar-refractivity contribution in [3.05, 3.63) is 35.9 Å². The Hall–Kier alpha value is -4.73. The van der Waals surface area contributed by atoms with Gasteiger partial charge in [0.1, 0.15) is 18.1 Å². The summed E-state index contributed by atoms with van der Waals surface area (Å²) in [5.41, 5.74) is 27.1. The van der Waals surface area contributed by atoms with Crippen LogP contribution in [0.25, 0.3) is 0 Å². The number of hydrogen-bond donors (Lipinski definition) is 9. The first kappa shape index (κ1) is 32.3. The van der Waals surface area contributed by atoms with Crippen LogP contribution in [0.15, 0.2) is 35.3 Å². The molecule has 4 atom stereocenters. The number of nitrogens with one attached hydrogen (secondary N) is 3. The van der Waals surface area contributed by atoms with Gasteiger partial charge in [0.25, 0.3) is 0 Å². The van der Waals surface area contributed by atoms with Gasteiger partial charge in [-0.3, -0.25) is 29.0 Å². The van der Waals surface area contributed by atoms with Gasteiger partial charge < -0.3 is 49.7 Å². The van der Waals surface area contributed by atoms with Crippen molar-refractivity contribution in [2.75, 3.05) is 6.54 Å². The predicted molar refractivity (Wildman–Crippen MR) is 139 cm³/mol. The Bertz CT molecular complexity index is 1060. The summed E-state index contributed by atoms with van der Waals surface area (Å²) in [5.74, 6) is -6.07. The minimum absolute atomic E-state index is 0.0465. The molecule has 5 amide bonds. The highest BCUT2D eigenvalue weighted by atomic mass is 16.4. The lowest BCUT2D eigenvalue weighted by atomic mass is 10.0. The summed E-state index contributed by atoms with van der Waals surface area (Å²) in [6.07, 6.45) is -1.03.